The number of rotatable bonds is 13. The van der Waals surface area contributed by atoms with E-state index in [1.165, 1.54) is 0 Å². The lowest BCUT2D eigenvalue weighted by atomic mass is 9.84. The van der Waals surface area contributed by atoms with E-state index in [4.69, 9.17) is 0 Å². The van der Waals surface area contributed by atoms with Crippen LogP contribution in [-0.4, -0.2) is 21.4 Å². The van der Waals surface area contributed by atoms with Gasteiger partial charge in [-0.05, 0) is 38.5 Å². The summed E-state index contributed by atoms with van der Waals surface area (Å²) in [5.74, 6) is 0. The van der Waals surface area contributed by atoms with Crippen molar-refractivity contribution in [1.29, 1.82) is 0 Å². The van der Waals surface area contributed by atoms with Gasteiger partial charge in [0.1, 0.15) is 0 Å². The molecule has 0 aromatic rings. The van der Waals surface area contributed by atoms with Crippen LogP contribution in [0.3, 0.4) is 0 Å². The van der Waals surface area contributed by atoms with Gasteiger partial charge in [0.15, 0.2) is 0 Å². The Balaban J connectivity index is 4.13. The van der Waals surface area contributed by atoms with Crippen LogP contribution in [0.2, 0.25) is 0 Å². The molecule has 0 atom stereocenters. The zero-order valence-electron chi connectivity index (χ0n) is 14.4. The minimum absolute atomic E-state index is 0.461. The Morgan fingerprint density at radius 1 is 0.500 bits per heavy atom. The first-order valence-corrected chi connectivity index (χ1v) is 8.90. The summed E-state index contributed by atoms with van der Waals surface area (Å²) in [4.78, 5) is 0. The first kappa shape index (κ1) is 19.9. The molecule has 0 fully saturated rings. The zero-order valence-corrected chi connectivity index (χ0v) is 14.4. The van der Waals surface area contributed by atoms with E-state index in [1.54, 1.807) is 0 Å². The van der Waals surface area contributed by atoms with E-state index in [9.17, 15) is 10.2 Å². The van der Waals surface area contributed by atoms with Gasteiger partial charge in [0.05, 0.1) is 11.2 Å². The van der Waals surface area contributed by atoms with Crippen LogP contribution in [0.15, 0.2) is 0 Å². The summed E-state index contributed by atoms with van der Waals surface area (Å²) in [5.41, 5.74) is -0.922. The van der Waals surface area contributed by atoms with Crippen molar-refractivity contribution in [3.63, 3.8) is 0 Å². The molecule has 0 aromatic carbocycles. The molecule has 0 unspecified atom stereocenters. The van der Waals surface area contributed by atoms with Crippen LogP contribution in [0.5, 0.6) is 0 Å². The molecular weight excluding hydrogens is 248 g/mol. The Kier molecular flexibility index (Phi) is 10.6. The molecule has 2 N–H and O–H groups in total. The second kappa shape index (κ2) is 10.6. The van der Waals surface area contributed by atoms with Gasteiger partial charge in [0.25, 0.3) is 0 Å². The summed E-state index contributed by atoms with van der Waals surface area (Å²) >= 11 is 0. The molecule has 2 nitrogen and oxygen atoms in total. The maximum atomic E-state index is 10.6. The zero-order chi connectivity index (χ0) is 15.5. The van der Waals surface area contributed by atoms with E-state index >= 15 is 0 Å². The molecule has 2 heteroatoms. The Morgan fingerprint density at radius 3 is 0.950 bits per heavy atom. The minimum atomic E-state index is -0.461. The molecule has 0 rings (SSSR count). The standard InChI is InChI=1S/C18H38O2/c1-5-11-17(19,12-6-2)15-9-10-16-18(20,13-7-3)14-8-4/h19-20H,5-16H2,1-4H3. The third kappa shape index (κ3) is 8.26. The molecule has 0 amide bonds. The SMILES string of the molecule is CCCC(O)(CCC)CCCCC(O)(CCC)CCC. The molecule has 0 heterocycles. The van der Waals surface area contributed by atoms with Gasteiger partial charge in [0, 0.05) is 0 Å². The van der Waals surface area contributed by atoms with Gasteiger partial charge in [-0.1, -0.05) is 66.2 Å². The van der Waals surface area contributed by atoms with Gasteiger partial charge in [-0.25, -0.2) is 0 Å². The van der Waals surface area contributed by atoms with E-state index in [0.717, 1.165) is 77.0 Å². The highest BCUT2D eigenvalue weighted by atomic mass is 16.3. The Labute approximate surface area is 127 Å². The third-order valence-electron chi connectivity index (χ3n) is 4.40. The smallest absolute Gasteiger partial charge is 0.0647 e. The second-order valence-electron chi connectivity index (χ2n) is 6.66. The predicted octanol–water partition coefficient (Wildman–Crippen LogP) is 5.21. The summed E-state index contributed by atoms with van der Waals surface area (Å²) in [6.07, 6.45) is 11.7. The maximum absolute atomic E-state index is 10.6. The molecule has 0 saturated carbocycles. The molecule has 0 aromatic heterocycles. The van der Waals surface area contributed by atoms with Crippen molar-refractivity contribution in [3.05, 3.63) is 0 Å². The van der Waals surface area contributed by atoms with Gasteiger partial charge in [0.2, 0.25) is 0 Å². The van der Waals surface area contributed by atoms with Crippen LogP contribution in [0.1, 0.15) is 105 Å². The fourth-order valence-corrected chi connectivity index (χ4v) is 3.52. The van der Waals surface area contributed by atoms with Gasteiger partial charge in [-0.3, -0.25) is 0 Å². The number of hydrogen-bond donors (Lipinski definition) is 2. The number of aliphatic hydroxyl groups is 2. The van der Waals surface area contributed by atoms with Crippen LogP contribution >= 0.6 is 0 Å². The predicted molar refractivity (Wildman–Crippen MR) is 88.0 cm³/mol. The topological polar surface area (TPSA) is 40.5 Å². The van der Waals surface area contributed by atoms with Crippen LogP contribution < -0.4 is 0 Å². The van der Waals surface area contributed by atoms with Gasteiger partial charge in [-0.2, -0.15) is 0 Å². The molecule has 122 valence electrons. The van der Waals surface area contributed by atoms with Crippen molar-refractivity contribution in [2.75, 3.05) is 0 Å². The summed E-state index contributed by atoms with van der Waals surface area (Å²) in [6.45, 7) is 8.56. The monoisotopic (exact) mass is 286 g/mol. The van der Waals surface area contributed by atoms with Crippen molar-refractivity contribution in [2.45, 2.75) is 116 Å². The molecule has 0 aliphatic rings. The van der Waals surface area contributed by atoms with Crippen LogP contribution in [0.4, 0.5) is 0 Å². The second-order valence-corrected chi connectivity index (χ2v) is 6.66. The average molecular weight is 286 g/mol. The largest absolute Gasteiger partial charge is 0.390 e. The van der Waals surface area contributed by atoms with Gasteiger partial charge in [-0.15, -0.1) is 0 Å². The first-order chi connectivity index (χ1) is 9.45. The van der Waals surface area contributed by atoms with E-state index < -0.39 is 11.2 Å². The first-order valence-electron chi connectivity index (χ1n) is 8.90. The molecular formula is C18H38O2. The van der Waals surface area contributed by atoms with E-state index in [-0.39, 0.29) is 0 Å². The fraction of sp³-hybridized carbons (Fsp3) is 1.00. The van der Waals surface area contributed by atoms with Gasteiger partial charge >= 0.3 is 0 Å². The van der Waals surface area contributed by atoms with Crippen molar-refractivity contribution in [2.24, 2.45) is 0 Å². The highest BCUT2D eigenvalue weighted by Gasteiger charge is 2.26. The lowest BCUT2D eigenvalue weighted by Crippen LogP contribution is -2.30. The minimum Gasteiger partial charge on any atom is -0.390 e. The normalized spacial score (nSPS) is 12.9. The molecule has 0 aliphatic heterocycles. The van der Waals surface area contributed by atoms with Crippen molar-refractivity contribution in [3.8, 4) is 0 Å². The Bertz CT molecular complexity index is 189. The fourth-order valence-electron chi connectivity index (χ4n) is 3.52. The molecule has 0 spiro atoms. The summed E-state index contributed by atoms with van der Waals surface area (Å²) in [5, 5.41) is 21.2. The van der Waals surface area contributed by atoms with E-state index in [2.05, 4.69) is 27.7 Å². The lowest BCUT2D eigenvalue weighted by Gasteiger charge is -2.30. The molecule has 20 heavy (non-hydrogen) atoms. The molecule has 0 aliphatic carbocycles. The van der Waals surface area contributed by atoms with Crippen LogP contribution in [0, 0.1) is 0 Å². The van der Waals surface area contributed by atoms with E-state index in [1.807, 2.05) is 0 Å². The molecule has 0 saturated heterocycles. The highest BCUT2D eigenvalue weighted by Crippen LogP contribution is 2.29. The quantitative estimate of drug-likeness (QED) is 0.456. The molecule has 0 radical (unpaired) electrons. The summed E-state index contributed by atoms with van der Waals surface area (Å²) in [7, 11) is 0. The van der Waals surface area contributed by atoms with Crippen molar-refractivity contribution in [1.82, 2.24) is 0 Å². The number of unbranched alkanes of at least 4 members (excludes halogenated alkanes) is 1. The maximum Gasteiger partial charge on any atom is 0.0647 e. The average Bonchev–Trinajstić information content (AvgIpc) is 2.36. The summed E-state index contributed by atoms with van der Waals surface area (Å²) in [6, 6.07) is 0. The van der Waals surface area contributed by atoms with Crippen molar-refractivity contribution < 1.29 is 10.2 Å². The summed E-state index contributed by atoms with van der Waals surface area (Å²) < 4.78 is 0. The molecule has 0 bridgehead atoms. The van der Waals surface area contributed by atoms with Crippen LogP contribution in [0.25, 0.3) is 0 Å². The highest BCUT2D eigenvalue weighted by molar-refractivity contribution is 4.80. The third-order valence-corrected chi connectivity index (χ3v) is 4.40. The van der Waals surface area contributed by atoms with Gasteiger partial charge < -0.3 is 10.2 Å². The van der Waals surface area contributed by atoms with Crippen LogP contribution in [-0.2, 0) is 0 Å². The number of hydrogen-bond acceptors (Lipinski definition) is 2. The Hall–Kier alpha value is -0.0800. The van der Waals surface area contributed by atoms with Crippen molar-refractivity contribution >= 4 is 0 Å². The lowest BCUT2D eigenvalue weighted by molar-refractivity contribution is -0.00297. The van der Waals surface area contributed by atoms with E-state index in [0.29, 0.717) is 0 Å². The Morgan fingerprint density at radius 2 is 0.750 bits per heavy atom.